The van der Waals surface area contributed by atoms with Crippen molar-refractivity contribution in [3.05, 3.63) is 23.8 Å². The molecule has 1 rings (SSSR count). The molecule has 0 aliphatic carbocycles. The number of nitrogens with two attached hydrogens (primary N) is 1. The molecule has 3 N–H and O–H groups in total. The number of esters is 1. The number of aliphatic carboxylic acids is 1. The van der Waals surface area contributed by atoms with Crippen LogP contribution in [-0.2, 0) is 23.8 Å². The Hall–Kier alpha value is -3.34. The van der Waals surface area contributed by atoms with Crippen molar-refractivity contribution in [2.45, 2.75) is 111 Å². The van der Waals surface area contributed by atoms with Crippen molar-refractivity contribution < 1.29 is 48.0 Å². The monoisotopic (exact) mass is 595 g/mol. The van der Waals surface area contributed by atoms with Gasteiger partial charge in [0.1, 0.15) is 12.1 Å². The van der Waals surface area contributed by atoms with Gasteiger partial charge < -0.3 is 34.5 Å². The molecular weight excluding hydrogens is 546 g/mol. The third-order valence-corrected chi connectivity index (χ3v) is 6.90. The molecule has 3 unspecified atom stereocenters. The molecule has 0 heterocycles. The van der Waals surface area contributed by atoms with Crippen LogP contribution in [0.1, 0.15) is 104 Å². The molecule has 0 aliphatic rings. The molecule has 0 aromatic heterocycles. The molecule has 0 fully saturated rings. The average molecular weight is 596 g/mol. The van der Waals surface area contributed by atoms with E-state index in [1.54, 1.807) is 13.8 Å². The summed E-state index contributed by atoms with van der Waals surface area (Å²) < 4.78 is 26.6. The highest BCUT2D eigenvalue weighted by molar-refractivity contribution is 5.75. The first-order valence-corrected chi connectivity index (χ1v) is 14.9. The Balaban J connectivity index is 3.30. The first kappa shape index (κ1) is 36.7. The van der Waals surface area contributed by atoms with Gasteiger partial charge >= 0.3 is 24.2 Å². The van der Waals surface area contributed by atoms with E-state index in [1.807, 2.05) is 27.7 Å². The Morgan fingerprint density at radius 1 is 0.833 bits per heavy atom. The number of ether oxygens (including phenoxy) is 5. The molecule has 0 saturated carbocycles. The van der Waals surface area contributed by atoms with Crippen molar-refractivity contribution in [1.29, 1.82) is 0 Å². The Morgan fingerprint density at radius 2 is 1.38 bits per heavy atom. The maximum atomic E-state index is 12.5. The van der Waals surface area contributed by atoms with Crippen LogP contribution in [0.15, 0.2) is 18.2 Å². The van der Waals surface area contributed by atoms with Crippen LogP contribution in [0.3, 0.4) is 0 Å². The second-order valence-electron chi connectivity index (χ2n) is 10.9. The van der Waals surface area contributed by atoms with Gasteiger partial charge in [0.15, 0.2) is 11.5 Å². The second kappa shape index (κ2) is 19.7. The summed E-state index contributed by atoms with van der Waals surface area (Å²) >= 11 is 0. The standard InChI is InChI=1S/C31H49NO10/c1-7-9-11-17-38-30(36)41-24-15-14-23(19-25(24)42-31(37)39-18-12-10-8-2)27(28(32)29(34)35)21(5)22(6)40-26(33)16-13-20(3)4/h14-15,19-22,27-28H,7-13,16-18,32H2,1-6H3,(H,34,35)/t21?,22?,27?,28-/m0/s1. The van der Waals surface area contributed by atoms with Crippen molar-refractivity contribution in [2.75, 3.05) is 13.2 Å². The van der Waals surface area contributed by atoms with Crippen LogP contribution in [0.2, 0.25) is 0 Å². The summed E-state index contributed by atoms with van der Waals surface area (Å²) in [7, 11) is 0. The van der Waals surface area contributed by atoms with Crippen molar-refractivity contribution in [3.8, 4) is 11.5 Å². The highest BCUT2D eigenvalue weighted by Gasteiger charge is 2.36. The van der Waals surface area contributed by atoms with E-state index in [-0.39, 0.29) is 37.1 Å². The van der Waals surface area contributed by atoms with Gasteiger partial charge in [-0.25, -0.2) is 9.59 Å². The van der Waals surface area contributed by atoms with Crippen LogP contribution in [-0.4, -0.2) is 54.7 Å². The lowest BCUT2D eigenvalue weighted by Crippen LogP contribution is -2.42. The molecule has 0 saturated heterocycles. The number of benzene rings is 1. The molecule has 1 aromatic carbocycles. The molecule has 4 atom stereocenters. The van der Waals surface area contributed by atoms with E-state index in [9.17, 15) is 24.3 Å². The van der Waals surface area contributed by atoms with Crippen LogP contribution in [0.25, 0.3) is 0 Å². The quantitative estimate of drug-likeness (QED) is 0.0767. The normalized spacial score (nSPS) is 13.9. The second-order valence-corrected chi connectivity index (χ2v) is 10.9. The van der Waals surface area contributed by atoms with Crippen molar-refractivity contribution in [2.24, 2.45) is 17.6 Å². The first-order chi connectivity index (χ1) is 19.9. The average Bonchev–Trinajstić information content (AvgIpc) is 2.93. The zero-order valence-corrected chi connectivity index (χ0v) is 25.9. The predicted molar refractivity (Wildman–Crippen MR) is 157 cm³/mol. The van der Waals surface area contributed by atoms with Crippen molar-refractivity contribution in [1.82, 2.24) is 0 Å². The summed E-state index contributed by atoms with van der Waals surface area (Å²) in [5, 5.41) is 9.80. The van der Waals surface area contributed by atoms with Crippen LogP contribution in [0, 0.1) is 11.8 Å². The lowest BCUT2D eigenvalue weighted by Gasteiger charge is -2.32. The van der Waals surface area contributed by atoms with Gasteiger partial charge in [-0.1, -0.05) is 66.4 Å². The lowest BCUT2D eigenvalue weighted by molar-refractivity contribution is -0.151. The van der Waals surface area contributed by atoms with Gasteiger partial charge in [-0.05, 0) is 49.8 Å². The summed E-state index contributed by atoms with van der Waals surface area (Å²) in [6, 6.07) is 2.89. The number of rotatable bonds is 19. The number of unbranched alkanes of at least 4 members (excludes halogenated alkanes) is 4. The topological polar surface area (TPSA) is 161 Å². The molecule has 1 aromatic rings. The Bertz CT molecular complexity index is 996. The van der Waals surface area contributed by atoms with E-state index >= 15 is 0 Å². The number of hydrogen-bond donors (Lipinski definition) is 2. The van der Waals surface area contributed by atoms with Gasteiger partial charge in [0.2, 0.25) is 0 Å². The first-order valence-electron chi connectivity index (χ1n) is 14.9. The number of carboxylic acids is 1. The molecule has 0 amide bonds. The molecule has 11 nitrogen and oxygen atoms in total. The molecule has 238 valence electrons. The van der Waals surface area contributed by atoms with Gasteiger partial charge in [0, 0.05) is 18.3 Å². The predicted octanol–water partition coefficient (Wildman–Crippen LogP) is 6.60. The van der Waals surface area contributed by atoms with Crippen molar-refractivity contribution in [3.63, 3.8) is 0 Å². The number of hydrogen-bond acceptors (Lipinski definition) is 10. The van der Waals surface area contributed by atoms with Gasteiger partial charge in [-0.2, -0.15) is 0 Å². The smallest absolute Gasteiger partial charge is 0.480 e. The van der Waals surface area contributed by atoms with E-state index in [0.717, 1.165) is 25.7 Å². The number of carbonyl (C=O) groups is 4. The Kier molecular flexibility index (Phi) is 17.2. The summed E-state index contributed by atoms with van der Waals surface area (Å²) in [6.07, 6.45) is 3.20. The fourth-order valence-corrected chi connectivity index (χ4v) is 4.21. The minimum Gasteiger partial charge on any atom is -0.480 e. The Morgan fingerprint density at radius 3 is 1.88 bits per heavy atom. The molecule has 42 heavy (non-hydrogen) atoms. The van der Waals surface area contributed by atoms with Gasteiger partial charge in [-0.3, -0.25) is 9.59 Å². The number of carbonyl (C=O) groups excluding carboxylic acids is 3. The highest BCUT2D eigenvalue weighted by Crippen LogP contribution is 2.37. The summed E-state index contributed by atoms with van der Waals surface area (Å²) in [5.74, 6) is -3.04. The summed E-state index contributed by atoms with van der Waals surface area (Å²) in [4.78, 5) is 49.2. The third kappa shape index (κ3) is 13.5. The Labute approximate surface area is 249 Å². The van der Waals surface area contributed by atoms with E-state index in [2.05, 4.69) is 0 Å². The van der Waals surface area contributed by atoms with Gasteiger partial charge in [0.25, 0.3) is 0 Å². The molecule has 0 radical (unpaired) electrons. The minimum absolute atomic E-state index is 0.117. The molecule has 0 spiro atoms. The van der Waals surface area contributed by atoms with Crippen LogP contribution < -0.4 is 15.2 Å². The molecule has 0 aliphatic heterocycles. The fourth-order valence-electron chi connectivity index (χ4n) is 4.21. The highest BCUT2D eigenvalue weighted by atomic mass is 16.7. The summed E-state index contributed by atoms with van der Waals surface area (Å²) in [5.41, 5.74) is 6.50. The molecule has 11 heteroatoms. The number of carboxylic acid groups (broad SMARTS) is 1. The fraction of sp³-hybridized carbons (Fsp3) is 0.677. The summed E-state index contributed by atoms with van der Waals surface area (Å²) in [6.45, 7) is 11.8. The third-order valence-electron chi connectivity index (χ3n) is 6.90. The SMILES string of the molecule is CCCCCOC(=O)Oc1ccc(C(C(C)C(C)OC(=O)CCC(C)C)[C@H](N)C(=O)O)cc1OC(=O)OCCCCC. The maximum absolute atomic E-state index is 12.5. The van der Waals surface area contributed by atoms with E-state index < -0.39 is 42.3 Å². The van der Waals surface area contributed by atoms with Gasteiger partial charge in [0.05, 0.1) is 13.2 Å². The van der Waals surface area contributed by atoms with Crippen molar-refractivity contribution >= 4 is 24.2 Å². The molecular formula is C31H49NO10. The van der Waals surface area contributed by atoms with E-state index in [0.29, 0.717) is 30.7 Å². The largest absolute Gasteiger partial charge is 0.513 e. The van der Waals surface area contributed by atoms with Crippen LogP contribution in [0.5, 0.6) is 11.5 Å². The van der Waals surface area contributed by atoms with Crippen LogP contribution >= 0.6 is 0 Å². The molecule has 0 bridgehead atoms. The lowest BCUT2D eigenvalue weighted by atomic mass is 9.79. The minimum atomic E-state index is -1.39. The van der Waals surface area contributed by atoms with Crippen LogP contribution in [0.4, 0.5) is 9.59 Å². The zero-order chi connectivity index (χ0) is 31.7. The van der Waals surface area contributed by atoms with E-state index in [4.69, 9.17) is 29.4 Å². The van der Waals surface area contributed by atoms with E-state index in [1.165, 1.54) is 18.2 Å². The maximum Gasteiger partial charge on any atom is 0.513 e. The van der Waals surface area contributed by atoms with Gasteiger partial charge in [-0.15, -0.1) is 0 Å². The zero-order valence-electron chi connectivity index (χ0n) is 25.9.